The molecule has 0 saturated heterocycles. The van der Waals surface area contributed by atoms with Crippen LogP contribution in [0.3, 0.4) is 0 Å². The van der Waals surface area contributed by atoms with Crippen molar-refractivity contribution in [2.24, 2.45) is 0 Å². The van der Waals surface area contributed by atoms with Crippen molar-refractivity contribution in [3.8, 4) is 11.1 Å². The minimum atomic E-state index is -0.870. The lowest BCUT2D eigenvalue weighted by Crippen LogP contribution is -2.29. The fraction of sp³-hybridized carbons (Fsp3) is 0.263. The average Bonchev–Trinajstić information content (AvgIpc) is 2.53. The minimum absolute atomic E-state index is 0.870. The van der Waals surface area contributed by atoms with Crippen LogP contribution in [0, 0.1) is 0 Å². The zero-order valence-electron chi connectivity index (χ0n) is 13.1. The van der Waals surface area contributed by atoms with E-state index in [0.29, 0.717) is 0 Å². The summed E-state index contributed by atoms with van der Waals surface area (Å²) in [6.45, 7) is 4.08. The van der Waals surface area contributed by atoms with Gasteiger partial charge in [0, 0.05) is 19.8 Å². The predicted molar refractivity (Wildman–Crippen MR) is 87.0 cm³/mol. The first-order valence-corrected chi connectivity index (χ1v) is 7.04. The van der Waals surface area contributed by atoms with Crippen molar-refractivity contribution in [3.05, 3.63) is 71.8 Å². The smallest absolute Gasteiger partial charge is 0.215 e. The summed E-state index contributed by atoms with van der Waals surface area (Å²) in [4.78, 5) is 0. The lowest BCUT2D eigenvalue weighted by molar-refractivity contribution is -0.178. The molecule has 2 aromatic rings. The van der Waals surface area contributed by atoms with Gasteiger partial charge in [0.05, 0.1) is 0 Å². The molecule has 0 spiro atoms. The van der Waals surface area contributed by atoms with Gasteiger partial charge in [0.25, 0.3) is 0 Å². The van der Waals surface area contributed by atoms with Gasteiger partial charge in [-0.15, -0.1) is 0 Å². The highest BCUT2D eigenvalue weighted by molar-refractivity contribution is 5.68. The normalized spacial score (nSPS) is 11.2. The Morgan fingerprint density at radius 3 is 2.00 bits per heavy atom. The van der Waals surface area contributed by atoms with Crippen molar-refractivity contribution < 1.29 is 9.47 Å². The van der Waals surface area contributed by atoms with Crippen LogP contribution in [0.25, 0.3) is 11.1 Å². The molecule has 0 amide bonds. The molecule has 0 fully saturated rings. The van der Waals surface area contributed by atoms with Crippen LogP contribution in [0.5, 0.6) is 0 Å². The molecule has 0 saturated carbocycles. The predicted octanol–water partition coefficient (Wildman–Crippen LogP) is 4.77. The monoisotopic (exact) mass is 282 g/mol. The molecule has 0 bridgehead atoms. The summed E-state index contributed by atoms with van der Waals surface area (Å²) in [5.41, 5.74) is 4.40. The first-order valence-electron chi connectivity index (χ1n) is 7.04. The fourth-order valence-corrected chi connectivity index (χ4v) is 2.54. The summed E-state index contributed by atoms with van der Waals surface area (Å²) in [7, 11) is 3.34. The van der Waals surface area contributed by atoms with E-state index in [1.165, 1.54) is 0 Å². The largest absolute Gasteiger partial charge is 0.346 e. The van der Waals surface area contributed by atoms with E-state index >= 15 is 0 Å². The van der Waals surface area contributed by atoms with Crippen LogP contribution >= 0.6 is 0 Å². The summed E-state index contributed by atoms with van der Waals surface area (Å²) in [5, 5.41) is 0. The maximum atomic E-state index is 5.75. The Hall–Kier alpha value is -1.90. The van der Waals surface area contributed by atoms with Gasteiger partial charge in [0.2, 0.25) is 5.79 Å². The number of rotatable bonds is 5. The quantitative estimate of drug-likeness (QED) is 0.581. The van der Waals surface area contributed by atoms with Gasteiger partial charge in [-0.25, -0.2) is 0 Å². The molecule has 0 atom stereocenters. The first kappa shape index (κ1) is 15.5. The SMILES string of the molecule is COC(C=C(C)C)(OC)c1ccccc1-c1ccccc1. The first-order chi connectivity index (χ1) is 10.1. The summed E-state index contributed by atoms with van der Waals surface area (Å²) >= 11 is 0. The van der Waals surface area contributed by atoms with Crippen molar-refractivity contribution >= 4 is 0 Å². The second kappa shape index (κ2) is 6.70. The highest BCUT2D eigenvalue weighted by atomic mass is 16.7. The molecule has 2 rings (SSSR count). The Morgan fingerprint density at radius 2 is 1.43 bits per heavy atom. The van der Waals surface area contributed by atoms with Crippen molar-refractivity contribution in [1.29, 1.82) is 0 Å². The molecule has 21 heavy (non-hydrogen) atoms. The van der Waals surface area contributed by atoms with E-state index in [1.807, 2.05) is 50.3 Å². The Morgan fingerprint density at radius 1 is 0.857 bits per heavy atom. The topological polar surface area (TPSA) is 18.5 Å². The van der Waals surface area contributed by atoms with E-state index < -0.39 is 5.79 Å². The zero-order valence-corrected chi connectivity index (χ0v) is 13.1. The van der Waals surface area contributed by atoms with Crippen LogP contribution in [0.2, 0.25) is 0 Å². The summed E-state index contributed by atoms with van der Waals surface area (Å²) in [6, 6.07) is 18.5. The van der Waals surface area contributed by atoms with Crippen molar-refractivity contribution in [3.63, 3.8) is 0 Å². The van der Waals surface area contributed by atoms with E-state index in [-0.39, 0.29) is 0 Å². The highest BCUT2D eigenvalue weighted by Gasteiger charge is 2.32. The van der Waals surface area contributed by atoms with Crippen LogP contribution in [0.4, 0.5) is 0 Å². The van der Waals surface area contributed by atoms with Gasteiger partial charge in [-0.05, 0) is 31.1 Å². The number of allylic oxidation sites excluding steroid dienone is 1. The Bertz CT molecular complexity index is 606. The summed E-state index contributed by atoms with van der Waals surface area (Å²) < 4.78 is 11.5. The Labute approximate surface area is 127 Å². The molecule has 0 aliphatic heterocycles. The lowest BCUT2D eigenvalue weighted by Gasteiger charge is -2.30. The number of hydrogen-bond donors (Lipinski definition) is 0. The second-order valence-corrected chi connectivity index (χ2v) is 5.21. The lowest BCUT2D eigenvalue weighted by atomic mass is 9.93. The molecular weight excluding hydrogens is 260 g/mol. The molecule has 0 aliphatic rings. The molecular formula is C19H22O2. The third-order valence-electron chi connectivity index (χ3n) is 3.47. The van der Waals surface area contributed by atoms with Crippen LogP contribution in [-0.4, -0.2) is 14.2 Å². The van der Waals surface area contributed by atoms with Gasteiger partial charge in [-0.2, -0.15) is 0 Å². The second-order valence-electron chi connectivity index (χ2n) is 5.21. The molecule has 0 radical (unpaired) electrons. The molecule has 0 N–H and O–H groups in total. The summed E-state index contributed by atoms with van der Waals surface area (Å²) in [6.07, 6.45) is 2.01. The molecule has 0 unspecified atom stereocenters. The van der Waals surface area contributed by atoms with E-state index in [9.17, 15) is 0 Å². The zero-order chi connectivity index (χ0) is 15.3. The van der Waals surface area contributed by atoms with E-state index in [2.05, 4.69) is 24.3 Å². The molecule has 2 heteroatoms. The van der Waals surface area contributed by atoms with Crippen LogP contribution < -0.4 is 0 Å². The molecule has 0 aromatic heterocycles. The summed E-state index contributed by atoms with van der Waals surface area (Å²) in [5.74, 6) is -0.870. The molecule has 0 heterocycles. The van der Waals surface area contributed by atoms with Crippen molar-refractivity contribution in [2.75, 3.05) is 14.2 Å². The average molecular weight is 282 g/mol. The maximum Gasteiger partial charge on any atom is 0.215 e. The standard InChI is InChI=1S/C19H22O2/c1-15(2)14-19(20-3,21-4)18-13-9-8-12-17(18)16-10-6-5-7-11-16/h5-14H,1-4H3. The molecule has 2 nitrogen and oxygen atoms in total. The highest BCUT2D eigenvalue weighted by Crippen LogP contribution is 2.36. The van der Waals surface area contributed by atoms with Crippen molar-refractivity contribution in [1.82, 2.24) is 0 Å². The third kappa shape index (κ3) is 3.23. The third-order valence-corrected chi connectivity index (χ3v) is 3.47. The van der Waals surface area contributed by atoms with Crippen LogP contribution in [-0.2, 0) is 15.3 Å². The van der Waals surface area contributed by atoms with Gasteiger partial charge < -0.3 is 9.47 Å². The van der Waals surface area contributed by atoms with E-state index in [0.717, 1.165) is 22.3 Å². The van der Waals surface area contributed by atoms with Crippen LogP contribution in [0.1, 0.15) is 19.4 Å². The van der Waals surface area contributed by atoms with Gasteiger partial charge >= 0.3 is 0 Å². The van der Waals surface area contributed by atoms with Gasteiger partial charge in [-0.1, -0.05) is 60.2 Å². The van der Waals surface area contributed by atoms with E-state index in [1.54, 1.807) is 14.2 Å². The number of hydrogen-bond acceptors (Lipinski definition) is 2. The van der Waals surface area contributed by atoms with Gasteiger partial charge in [0.1, 0.15) is 0 Å². The number of benzene rings is 2. The Balaban J connectivity index is 2.65. The van der Waals surface area contributed by atoms with Gasteiger partial charge in [-0.3, -0.25) is 0 Å². The molecule has 0 aliphatic carbocycles. The maximum absolute atomic E-state index is 5.75. The van der Waals surface area contributed by atoms with Crippen molar-refractivity contribution in [2.45, 2.75) is 19.6 Å². The van der Waals surface area contributed by atoms with Crippen LogP contribution in [0.15, 0.2) is 66.2 Å². The fourth-order valence-electron chi connectivity index (χ4n) is 2.54. The van der Waals surface area contributed by atoms with Gasteiger partial charge in [0.15, 0.2) is 0 Å². The molecule has 2 aromatic carbocycles. The minimum Gasteiger partial charge on any atom is -0.346 e. The molecule has 110 valence electrons. The number of ether oxygens (including phenoxy) is 2. The Kier molecular flexibility index (Phi) is 4.94. The number of methoxy groups -OCH3 is 2. The van der Waals surface area contributed by atoms with E-state index in [4.69, 9.17) is 9.47 Å².